The molecule has 13 heteroatoms. The Hall–Kier alpha value is -5.72. The monoisotopic (exact) mass is 607 g/mol. The molecule has 0 bridgehead atoms. The average molecular weight is 608 g/mol. The van der Waals surface area contributed by atoms with Crippen LogP contribution in [0.15, 0.2) is 97.2 Å². The summed E-state index contributed by atoms with van der Waals surface area (Å²) in [5, 5.41) is 7.26. The minimum absolute atomic E-state index is 0.00615. The van der Waals surface area contributed by atoms with Crippen LogP contribution in [-0.4, -0.2) is 35.8 Å². The van der Waals surface area contributed by atoms with Gasteiger partial charge in [-0.25, -0.2) is 4.79 Å². The van der Waals surface area contributed by atoms with Crippen molar-refractivity contribution in [2.75, 3.05) is 12.1 Å². The van der Waals surface area contributed by atoms with Gasteiger partial charge >= 0.3 is 19.3 Å². The summed E-state index contributed by atoms with van der Waals surface area (Å²) in [5.41, 5.74) is 2.68. The fourth-order valence-corrected chi connectivity index (χ4v) is 4.37. The molecular formula is C31H21F4N3O6. The average Bonchev–Trinajstić information content (AvgIpc) is 3.66. The Morgan fingerprint density at radius 1 is 0.727 bits per heavy atom. The number of benzene rings is 4. The number of ether oxygens (including phenoxy) is 5. The van der Waals surface area contributed by atoms with Crippen molar-refractivity contribution >= 4 is 11.7 Å². The van der Waals surface area contributed by atoms with Crippen LogP contribution in [0.2, 0.25) is 0 Å². The molecule has 0 atom stereocenters. The maximum absolute atomic E-state index is 13.2. The Bertz CT molecular complexity index is 1760. The highest BCUT2D eigenvalue weighted by Gasteiger charge is 2.20. The van der Waals surface area contributed by atoms with Crippen LogP contribution < -0.4 is 29.0 Å². The Morgan fingerprint density at radius 3 is 1.91 bits per heavy atom. The molecule has 2 heterocycles. The van der Waals surface area contributed by atoms with Crippen LogP contribution >= 0.6 is 0 Å². The number of nitrogens with one attached hydrogen (secondary N) is 1. The molecular weight excluding hydrogens is 586 g/mol. The maximum atomic E-state index is 13.2. The van der Waals surface area contributed by atoms with Crippen molar-refractivity contribution in [1.29, 1.82) is 0 Å². The Morgan fingerprint density at radius 2 is 1.27 bits per heavy atom. The summed E-state index contributed by atoms with van der Waals surface area (Å²) in [5.74, 6) is 1.95. The number of halogens is 4. The van der Waals surface area contributed by atoms with E-state index in [1.165, 1.54) is 36.4 Å². The summed E-state index contributed by atoms with van der Waals surface area (Å²) in [6.07, 6.45) is 1.55. The van der Waals surface area contributed by atoms with Gasteiger partial charge in [0.05, 0.1) is 0 Å². The first-order valence-corrected chi connectivity index (χ1v) is 13.0. The lowest BCUT2D eigenvalue weighted by atomic mass is 10.0. The number of carbonyl (C=O) groups is 1. The normalized spacial score (nSPS) is 12.0. The predicted octanol–water partition coefficient (Wildman–Crippen LogP) is 8.02. The topological polar surface area (TPSA) is 93.1 Å². The molecule has 0 radical (unpaired) electrons. The third kappa shape index (κ3) is 6.51. The summed E-state index contributed by atoms with van der Waals surface area (Å²) >= 11 is 0. The smallest absolute Gasteiger partial charge is 0.387 e. The number of carbonyl (C=O) groups excluding carboxylic acids is 1. The molecule has 4 aromatic carbocycles. The van der Waals surface area contributed by atoms with Crippen molar-refractivity contribution in [3.63, 3.8) is 0 Å². The third-order valence-electron chi connectivity index (χ3n) is 6.35. The minimum Gasteiger partial charge on any atom is -0.457 e. The van der Waals surface area contributed by atoms with Gasteiger partial charge < -0.3 is 29.0 Å². The van der Waals surface area contributed by atoms with Crippen molar-refractivity contribution in [2.45, 2.75) is 13.2 Å². The third-order valence-corrected chi connectivity index (χ3v) is 6.35. The quantitative estimate of drug-likeness (QED) is 0.170. The van der Waals surface area contributed by atoms with E-state index in [4.69, 9.17) is 14.2 Å². The van der Waals surface area contributed by atoms with Gasteiger partial charge in [-0.15, -0.1) is 0 Å². The summed E-state index contributed by atoms with van der Waals surface area (Å²) < 4.78 is 76.5. The number of nitrogens with zero attached hydrogens (tertiary/aromatic N) is 2. The van der Waals surface area contributed by atoms with Crippen LogP contribution in [0, 0.1) is 0 Å². The van der Waals surface area contributed by atoms with E-state index in [2.05, 4.69) is 19.9 Å². The van der Waals surface area contributed by atoms with E-state index in [0.717, 1.165) is 4.68 Å². The zero-order chi connectivity index (χ0) is 30.6. The molecule has 1 aliphatic heterocycles. The lowest BCUT2D eigenvalue weighted by Gasteiger charge is -2.09. The number of fused-ring (bicyclic) bond motifs is 1. The minimum atomic E-state index is -2.96. The van der Waals surface area contributed by atoms with Gasteiger partial charge in [0.2, 0.25) is 6.79 Å². The number of amides is 1. The van der Waals surface area contributed by atoms with Crippen LogP contribution in [0.1, 0.15) is 0 Å². The first-order valence-electron chi connectivity index (χ1n) is 13.0. The summed E-state index contributed by atoms with van der Waals surface area (Å²) in [7, 11) is 0. The van der Waals surface area contributed by atoms with Crippen LogP contribution in [0.4, 0.5) is 28.0 Å². The van der Waals surface area contributed by atoms with Gasteiger partial charge in [-0.2, -0.15) is 27.3 Å². The second-order valence-corrected chi connectivity index (χ2v) is 9.21. The van der Waals surface area contributed by atoms with Gasteiger partial charge in [-0.1, -0.05) is 6.07 Å². The molecule has 1 aliphatic rings. The van der Waals surface area contributed by atoms with Gasteiger partial charge in [0.1, 0.15) is 28.7 Å². The molecule has 0 unspecified atom stereocenters. The molecule has 5 aromatic rings. The van der Waals surface area contributed by atoms with Crippen LogP contribution in [0.5, 0.6) is 34.5 Å². The van der Waals surface area contributed by atoms with Crippen molar-refractivity contribution in [1.82, 2.24) is 9.78 Å². The van der Waals surface area contributed by atoms with Crippen molar-refractivity contribution < 1.29 is 46.0 Å². The summed E-state index contributed by atoms with van der Waals surface area (Å²) in [6.45, 7) is -5.80. The largest absolute Gasteiger partial charge is 0.457 e. The molecule has 1 N–H and O–H groups in total. The number of hydrogen-bond acceptors (Lipinski definition) is 7. The molecule has 0 saturated heterocycles. The van der Waals surface area contributed by atoms with E-state index in [1.807, 2.05) is 0 Å². The highest BCUT2D eigenvalue weighted by molar-refractivity contribution is 5.93. The molecule has 9 nitrogen and oxygen atoms in total. The standard InChI is InChI=1S/C31H21F4N3O6/c32-29(33)43-23-6-1-18(2-7-23)28-25(19-3-14-26-27(15-19)41-17-40-26)16-38(37-28)31(39)36-20-4-8-21(9-5-20)42-22-10-12-24(13-11-22)44-30(34)35/h1-16,29-30H,17H2,(H,36,39). The molecule has 0 spiro atoms. The number of anilines is 1. The van der Waals surface area contributed by atoms with E-state index >= 15 is 0 Å². The molecule has 0 fully saturated rings. The predicted molar refractivity (Wildman–Crippen MR) is 150 cm³/mol. The molecule has 1 amide bonds. The molecule has 0 saturated carbocycles. The van der Waals surface area contributed by atoms with E-state index in [1.54, 1.807) is 60.8 Å². The van der Waals surface area contributed by atoms with E-state index in [9.17, 15) is 22.4 Å². The van der Waals surface area contributed by atoms with Gasteiger partial charge in [0.15, 0.2) is 11.5 Å². The Balaban J connectivity index is 1.21. The molecule has 0 aliphatic carbocycles. The highest BCUT2D eigenvalue weighted by atomic mass is 19.3. The fraction of sp³-hybridized carbons (Fsp3) is 0.0968. The second-order valence-electron chi connectivity index (χ2n) is 9.21. The second kappa shape index (κ2) is 12.3. The first-order chi connectivity index (χ1) is 21.3. The van der Waals surface area contributed by atoms with E-state index in [0.29, 0.717) is 51.1 Å². The molecule has 44 heavy (non-hydrogen) atoms. The Kier molecular flexibility index (Phi) is 7.91. The van der Waals surface area contributed by atoms with Crippen molar-refractivity contribution in [3.05, 3.63) is 97.2 Å². The molecule has 1 aromatic heterocycles. The number of alkyl halides is 4. The van der Waals surface area contributed by atoms with E-state index < -0.39 is 19.3 Å². The first kappa shape index (κ1) is 28.4. The zero-order valence-electron chi connectivity index (χ0n) is 22.5. The van der Waals surface area contributed by atoms with Crippen molar-refractivity contribution in [3.8, 4) is 56.9 Å². The highest BCUT2D eigenvalue weighted by Crippen LogP contribution is 2.39. The lowest BCUT2D eigenvalue weighted by molar-refractivity contribution is -0.0505. The van der Waals surface area contributed by atoms with Gasteiger partial charge in [0.25, 0.3) is 0 Å². The van der Waals surface area contributed by atoms with Crippen LogP contribution in [-0.2, 0) is 0 Å². The number of aromatic nitrogens is 2. The van der Waals surface area contributed by atoms with E-state index in [-0.39, 0.29) is 18.3 Å². The number of hydrogen-bond donors (Lipinski definition) is 1. The van der Waals surface area contributed by atoms with Gasteiger partial charge in [0, 0.05) is 23.0 Å². The maximum Gasteiger partial charge on any atom is 0.387 e. The van der Waals surface area contributed by atoms with Crippen LogP contribution in [0.3, 0.4) is 0 Å². The summed E-state index contributed by atoms with van der Waals surface area (Å²) in [4.78, 5) is 13.2. The van der Waals surface area contributed by atoms with Gasteiger partial charge in [-0.3, -0.25) is 0 Å². The lowest BCUT2D eigenvalue weighted by Crippen LogP contribution is -2.19. The zero-order valence-corrected chi connectivity index (χ0v) is 22.5. The van der Waals surface area contributed by atoms with Gasteiger partial charge in [-0.05, 0) is 90.5 Å². The Labute approximate surface area is 247 Å². The molecule has 6 rings (SSSR count). The molecule has 224 valence electrons. The van der Waals surface area contributed by atoms with Crippen molar-refractivity contribution in [2.24, 2.45) is 0 Å². The van der Waals surface area contributed by atoms with Crippen LogP contribution in [0.25, 0.3) is 22.4 Å². The SMILES string of the molecule is O=C(Nc1ccc(Oc2ccc(OC(F)F)cc2)cc1)n1cc(-c2ccc3c(c2)OCO3)c(-c2ccc(OC(F)F)cc2)n1. The number of rotatable bonds is 9. The fourth-order valence-electron chi connectivity index (χ4n) is 4.37. The summed E-state index contributed by atoms with van der Waals surface area (Å²) in [6, 6.07) is 22.8.